The van der Waals surface area contributed by atoms with Crippen LogP contribution in [0.15, 0.2) is 41.3 Å². The number of rotatable bonds is 13. The number of hydrogen-bond donors (Lipinski definition) is 2. The zero-order valence-corrected chi connectivity index (χ0v) is 23.7. The monoisotopic (exact) mass is 531 g/mol. The van der Waals surface area contributed by atoms with Crippen molar-refractivity contribution in [2.45, 2.75) is 89.4 Å². The maximum absolute atomic E-state index is 13.3. The number of nitrogens with one attached hydrogen (secondary N) is 1. The number of ether oxygens (including phenoxy) is 1. The Labute approximate surface area is 221 Å². The van der Waals surface area contributed by atoms with E-state index in [1.54, 1.807) is 30.3 Å². The van der Waals surface area contributed by atoms with Crippen LogP contribution >= 0.6 is 0 Å². The van der Waals surface area contributed by atoms with E-state index in [1.807, 2.05) is 33.8 Å². The van der Waals surface area contributed by atoms with Crippen LogP contribution in [0.1, 0.15) is 89.3 Å². The molecule has 37 heavy (non-hydrogen) atoms. The second kappa shape index (κ2) is 13.1. The third-order valence-corrected chi connectivity index (χ3v) is 8.25. The van der Waals surface area contributed by atoms with Crippen LogP contribution in [0.25, 0.3) is 0 Å². The van der Waals surface area contributed by atoms with Crippen molar-refractivity contribution in [3.05, 3.63) is 53.1 Å². The Kier molecular flexibility index (Phi) is 10.7. The average Bonchev–Trinajstić information content (AvgIpc) is 2.80. The highest BCUT2D eigenvalue weighted by molar-refractivity contribution is 7.91. The first kappa shape index (κ1) is 30.4. The molecule has 0 aliphatic carbocycles. The molecule has 2 aromatic carbocycles. The predicted octanol–water partition coefficient (Wildman–Crippen LogP) is 6.11. The van der Waals surface area contributed by atoms with E-state index in [4.69, 9.17) is 4.74 Å². The molecule has 0 aromatic heterocycles. The first-order chi connectivity index (χ1) is 17.3. The van der Waals surface area contributed by atoms with Gasteiger partial charge in [-0.3, -0.25) is 9.59 Å². The molecule has 0 saturated carbocycles. The summed E-state index contributed by atoms with van der Waals surface area (Å²) in [6.07, 6.45) is 3.18. The number of carbonyl (C=O) groups excluding carboxylic acids is 1. The van der Waals surface area contributed by atoms with Gasteiger partial charge in [0.2, 0.25) is 5.91 Å². The number of methoxy groups -OCH3 is 1. The molecule has 7 nitrogen and oxygen atoms in total. The van der Waals surface area contributed by atoms with Crippen molar-refractivity contribution in [3.63, 3.8) is 0 Å². The molecule has 0 aliphatic heterocycles. The largest absolute Gasteiger partial charge is 0.496 e. The lowest BCUT2D eigenvalue weighted by molar-refractivity contribution is -0.136. The van der Waals surface area contributed by atoms with Crippen LogP contribution in [0.5, 0.6) is 5.75 Å². The average molecular weight is 532 g/mol. The number of carboxylic acid groups (broad SMARTS) is 1. The number of hydrogen-bond acceptors (Lipinski definition) is 5. The topological polar surface area (TPSA) is 110 Å². The number of amides is 1. The Morgan fingerprint density at radius 1 is 1.05 bits per heavy atom. The van der Waals surface area contributed by atoms with Crippen LogP contribution < -0.4 is 10.1 Å². The van der Waals surface area contributed by atoms with Crippen molar-refractivity contribution in [3.8, 4) is 5.75 Å². The van der Waals surface area contributed by atoms with E-state index in [0.717, 1.165) is 30.4 Å². The van der Waals surface area contributed by atoms with Crippen molar-refractivity contribution in [1.82, 2.24) is 0 Å². The first-order valence-electron chi connectivity index (χ1n) is 12.9. The minimum Gasteiger partial charge on any atom is -0.496 e. The van der Waals surface area contributed by atoms with Crippen LogP contribution in [0.3, 0.4) is 0 Å². The van der Waals surface area contributed by atoms with Gasteiger partial charge in [0.1, 0.15) is 5.75 Å². The number of benzene rings is 2. The molecule has 1 unspecified atom stereocenters. The van der Waals surface area contributed by atoms with Crippen molar-refractivity contribution in [1.29, 1.82) is 0 Å². The first-order valence-corrected chi connectivity index (χ1v) is 14.5. The van der Waals surface area contributed by atoms with Crippen molar-refractivity contribution >= 4 is 27.4 Å². The van der Waals surface area contributed by atoms with Crippen molar-refractivity contribution < 1.29 is 27.9 Å². The summed E-state index contributed by atoms with van der Waals surface area (Å²) in [5.41, 5.74) is 2.69. The van der Waals surface area contributed by atoms with E-state index in [-0.39, 0.29) is 40.7 Å². The molecule has 204 valence electrons. The highest BCUT2D eigenvalue weighted by atomic mass is 32.2. The van der Waals surface area contributed by atoms with Crippen molar-refractivity contribution in [2.24, 2.45) is 0 Å². The Hall–Kier alpha value is -2.87. The molecular weight excluding hydrogens is 490 g/mol. The van der Waals surface area contributed by atoms with Gasteiger partial charge in [-0.1, -0.05) is 65.7 Å². The van der Waals surface area contributed by atoms with Gasteiger partial charge < -0.3 is 15.2 Å². The Balaban J connectivity index is 2.39. The predicted molar refractivity (Wildman–Crippen MR) is 147 cm³/mol. The molecule has 8 heteroatoms. The SMILES string of the molecule is CCCCC(CC(=O)Nc1cc(CC(=O)O)ccc1C(C)(C)C)c1ccc(S(=O)(=O)CCC)cc1OC. The molecule has 0 bridgehead atoms. The summed E-state index contributed by atoms with van der Waals surface area (Å²) in [5.74, 6) is -0.766. The molecule has 2 N–H and O–H groups in total. The van der Waals surface area contributed by atoms with E-state index < -0.39 is 15.8 Å². The highest BCUT2D eigenvalue weighted by Crippen LogP contribution is 2.36. The van der Waals surface area contributed by atoms with Gasteiger partial charge in [0.05, 0.1) is 24.2 Å². The minimum absolute atomic E-state index is 0.0637. The number of aliphatic carboxylic acids is 1. The molecule has 0 saturated heterocycles. The minimum atomic E-state index is -3.40. The number of carboxylic acids is 1. The van der Waals surface area contributed by atoms with Gasteiger partial charge in [0, 0.05) is 12.1 Å². The summed E-state index contributed by atoms with van der Waals surface area (Å²) >= 11 is 0. The molecular formula is C29H41NO6S. The lowest BCUT2D eigenvalue weighted by Gasteiger charge is -2.25. The zero-order chi connectivity index (χ0) is 27.8. The summed E-state index contributed by atoms with van der Waals surface area (Å²) in [6, 6.07) is 10.3. The fourth-order valence-corrected chi connectivity index (χ4v) is 5.82. The number of sulfone groups is 1. The number of unbranched alkanes of at least 4 members (excludes halogenated alkanes) is 1. The van der Waals surface area contributed by atoms with Crippen molar-refractivity contribution in [2.75, 3.05) is 18.2 Å². The Morgan fingerprint density at radius 3 is 2.32 bits per heavy atom. The van der Waals surface area contributed by atoms with Gasteiger partial charge in [-0.25, -0.2) is 8.42 Å². The maximum Gasteiger partial charge on any atom is 0.307 e. The third kappa shape index (κ3) is 8.59. The van der Waals surface area contributed by atoms with E-state index in [1.165, 1.54) is 7.11 Å². The Bertz CT molecular complexity index is 1200. The fourth-order valence-electron chi connectivity index (χ4n) is 4.49. The highest BCUT2D eigenvalue weighted by Gasteiger charge is 2.24. The van der Waals surface area contributed by atoms with Gasteiger partial charge in [-0.2, -0.15) is 0 Å². The van der Waals surface area contributed by atoms with Crippen LogP contribution in [0, 0.1) is 0 Å². The lowest BCUT2D eigenvalue weighted by Crippen LogP contribution is -2.21. The fraction of sp³-hybridized carbons (Fsp3) is 0.517. The Morgan fingerprint density at radius 2 is 1.76 bits per heavy atom. The summed E-state index contributed by atoms with van der Waals surface area (Å²) in [4.78, 5) is 24.8. The summed E-state index contributed by atoms with van der Waals surface area (Å²) in [5, 5.41) is 12.2. The van der Waals surface area contributed by atoms with Crippen LogP contribution in [0.4, 0.5) is 5.69 Å². The molecule has 2 rings (SSSR count). The summed E-state index contributed by atoms with van der Waals surface area (Å²) in [7, 11) is -1.89. The van der Waals surface area contributed by atoms with E-state index in [9.17, 15) is 23.1 Å². The second-order valence-electron chi connectivity index (χ2n) is 10.5. The quantitative estimate of drug-likeness (QED) is 0.323. The van der Waals surface area contributed by atoms with E-state index in [0.29, 0.717) is 23.4 Å². The molecule has 2 aromatic rings. The molecule has 1 amide bonds. The normalized spacial score (nSPS) is 12.7. The van der Waals surface area contributed by atoms with Crippen LogP contribution in [-0.4, -0.2) is 38.3 Å². The van der Waals surface area contributed by atoms with Gasteiger partial charge >= 0.3 is 5.97 Å². The third-order valence-electron chi connectivity index (χ3n) is 6.34. The second-order valence-corrected chi connectivity index (χ2v) is 12.6. The molecule has 1 atom stereocenters. The lowest BCUT2D eigenvalue weighted by atomic mass is 9.84. The zero-order valence-electron chi connectivity index (χ0n) is 22.9. The molecule has 0 spiro atoms. The van der Waals surface area contributed by atoms with Gasteiger partial charge in [-0.15, -0.1) is 0 Å². The van der Waals surface area contributed by atoms with Crippen LogP contribution in [0.2, 0.25) is 0 Å². The summed E-state index contributed by atoms with van der Waals surface area (Å²) in [6.45, 7) is 10.0. The van der Waals surface area contributed by atoms with Crippen LogP contribution in [-0.2, 0) is 31.3 Å². The van der Waals surface area contributed by atoms with Gasteiger partial charge in [0.25, 0.3) is 0 Å². The van der Waals surface area contributed by atoms with Gasteiger partial charge in [-0.05, 0) is 59.1 Å². The smallest absolute Gasteiger partial charge is 0.307 e. The molecule has 0 heterocycles. The standard InChI is InChI=1S/C29H41NO6S/c1-7-9-10-21(23-13-12-22(19-26(23)36-6)37(34,35)15-8-2)18-27(31)30-25-16-20(17-28(32)33)11-14-24(25)29(3,4)5/h11-14,16,19,21H,7-10,15,17-18H2,1-6H3,(H,30,31)(H,32,33). The number of carbonyl (C=O) groups is 2. The molecule has 0 fully saturated rings. The van der Waals surface area contributed by atoms with E-state index >= 15 is 0 Å². The maximum atomic E-state index is 13.3. The molecule has 0 aliphatic rings. The van der Waals surface area contributed by atoms with E-state index in [2.05, 4.69) is 12.2 Å². The van der Waals surface area contributed by atoms with Gasteiger partial charge in [0.15, 0.2) is 9.84 Å². The molecule has 0 radical (unpaired) electrons. The summed E-state index contributed by atoms with van der Waals surface area (Å²) < 4.78 is 30.8. The number of anilines is 1.